The van der Waals surface area contributed by atoms with Crippen molar-refractivity contribution in [3.63, 3.8) is 0 Å². The van der Waals surface area contributed by atoms with Crippen molar-refractivity contribution < 1.29 is 0 Å². The Morgan fingerprint density at radius 2 is 1.91 bits per heavy atom. The van der Waals surface area contributed by atoms with Crippen LogP contribution in [0.5, 0.6) is 0 Å². The molecule has 1 heteroatoms. The zero-order valence-electron chi connectivity index (χ0n) is 7.39. The van der Waals surface area contributed by atoms with Crippen molar-refractivity contribution in [2.24, 2.45) is 0 Å². The van der Waals surface area contributed by atoms with E-state index in [-0.39, 0.29) is 0 Å². The van der Waals surface area contributed by atoms with Crippen LogP contribution < -0.4 is 0 Å². The Balaban J connectivity index is 0.000000461. The fraction of sp³-hybridized carbons (Fsp3) is 0.300. The summed E-state index contributed by atoms with van der Waals surface area (Å²) in [5.74, 6) is 0. The van der Waals surface area contributed by atoms with Crippen molar-refractivity contribution in [1.29, 1.82) is 5.41 Å². The standard InChI is InChI=1S/C8H9N.C2H6/c1-7-3-2-4-8(5-7)6-9;1-2/h2-6,9H,1H3;1-2H3. The Hall–Kier alpha value is -1.11. The molecule has 1 aromatic carbocycles. The van der Waals surface area contributed by atoms with Gasteiger partial charge in [0.05, 0.1) is 0 Å². The first-order valence-electron chi connectivity index (χ1n) is 3.90. The van der Waals surface area contributed by atoms with E-state index < -0.39 is 0 Å². The number of hydrogen-bond donors (Lipinski definition) is 1. The molecule has 0 fully saturated rings. The molecule has 1 aromatic rings. The van der Waals surface area contributed by atoms with Crippen molar-refractivity contribution in [1.82, 2.24) is 0 Å². The van der Waals surface area contributed by atoms with Crippen molar-refractivity contribution in [2.75, 3.05) is 0 Å². The predicted molar refractivity (Wildman–Crippen MR) is 50.4 cm³/mol. The van der Waals surface area contributed by atoms with Gasteiger partial charge in [0.1, 0.15) is 0 Å². The minimum atomic E-state index is 0.968. The number of nitrogens with one attached hydrogen (secondary N) is 1. The van der Waals surface area contributed by atoms with Gasteiger partial charge in [0.15, 0.2) is 0 Å². The van der Waals surface area contributed by atoms with Crippen LogP contribution in [-0.2, 0) is 0 Å². The van der Waals surface area contributed by atoms with E-state index in [1.165, 1.54) is 11.8 Å². The zero-order valence-corrected chi connectivity index (χ0v) is 7.39. The van der Waals surface area contributed by atoms with Gasteiger partial charge in [-0.15, -0.1) is 0 Å². The molecule has 0 unspecified atom stereocenters. The van der Waals surface area contributed by atoms with Gasteiger partial charge in [-0.05, 0) is 12.5 Å². The molecular weight excluding hydrogens is 134 g/mol. The zero-order chi connectivity index (χ0) is 8.69. The number of rotatable bonds is 1. The molecule has 0 saturated carbocycles. The van der Waals surface area contributed by atoms with Crippen LogP contribution in [0.15, 0.2) is 24.3 Å². The minimum absolute atomic E-state index is 0.968. The number of hydrogen-bond acceptors (Lipinski definition) is 1. The summed E-state index contributed by atoms with van der Waals surface area (Å²) in [4.78, 5) is 0. The van der Waals surface area contributed by atoms with E-state index in [0.717, 1.165) is 5.56 Å². The monoisotopic (exact) mass is 149 g/mol. The molecule has 11 heavy (non-hydrogen) atoms. The summed E-state index contributed by atoms with van der Waals surface area (Å²) in [6.45, 7) is 6.02. The van der Waals surface area contributed by atoms with Gasteiger partial charge in [-0.2, -0.15) is 0 Å². The predicted octanol–water partition coefficient (Wildman–Crippen LogP) is 3.02. The molecule has 0 aliphatic carbocycles. The Morgan fingerprint density at radius 1 is 1.27 bits per heavy atom. The van der Waals surface area contributed by atoms with Crippen molar-refractivity contribution >= 4 is 6.21 Å². The highest BCUT2D eigenvalue weighted by atomic mass is 14.3. The van der Waals surface area contributed by atoms with Crippen LogP contribution in [0.3, 0.4) is 0 Å². The first-order valence-corrected chi connectivity index (χ1v) is 3.90. The number of benzene rings is 1. The lowest BCUT2D eigenvalue weighted by atomic mass is 10.2. The van der Waals surface area contributed by atoms with E-state index in [1.807, 2.05) is 45.0 Å². The summed E-state index contributed by atoms with van der Waals surface area (Å²) < 4.78 is 0. The topological polar surface area (TPSA) is 23.9 Å². The van der Waals surface area contributed by atoms with E-state index in [0.29, 0.717) is 0 Å². The summed E-state index contributed by atoms with van der Waals surface area (Å²) in [6, 6.07) is 7.87. The molecule has 1 nitrogen and oxygen atoms in total. The van der Waals surface area contributed by atoms with Gasteiger partial charge in [-0.25, -0.2) is 0 Å². The third-order valence-electron chi connectivity index (χ3n) is 1.21. The molecule has 0 aliphatic rings. The van der Waals surface area contributed by atoms with Gasteiger partial charge in [-0.3, -0.25) is 0 Å². The summed E-state index contributed by atoms with van der Waals surface area (Å²) in [5.41, 5.74) is 2.17. The molecule has 0 amide bonds. The van der Waals surface area contributed by atoms with Gasteiger partial charge in [0.2, 0.25) is 0 Å². The highest BCUT2D eigenvalue weighted by Gasteiger charge is 1.84. The van der Waals surface area contributed by atoms with Crippen molar-refractivity contribution in [2.45, 2.75) is 20.8 Å². The Labute approximate surface area is 68.6 Å². The molecule has 1 N–H and O–H groups in total. The van der Waals surface area contributed by atoms with Crippen LogP contribution in [-0.4, -0.2) is 6.21 Å². The maximum atomic E-state index is 6.92. The molecule has 0 radical (unpaired) electrons. The highest BCUT2D eigenvalue weighted by molar-refractivity contribution is 5.76. The van der Waals surface area contributed by atoms with Crippen LogP contribution in [0.4, 0.5) is 0 Å². The largest absolute Gasteiger partial charge is 0.308 e. The van der Waals surface area contributed by atoms with Crippen LogP contribution in [0.2, 0.25) is 0 Å². The van der Waals surface area contributed by atoms with E-state index >= 15 is 0 Å². The SMILES string of the molecule is CC.Cc1cccc(C=N)c1. The van der Waals surface area contributed by atoms with Gasteiger partial charge < -0.3 is 5.41 Å². The Bertz CT molecular complexity index is 216. The van der Waals surface area contributed by atoms with E-state index in [9.17, 15) is 0 Å². The Kier molecular flexibility index (Phi) is 5.09. The lowest BCUT2D eigenvalue weighted by molar-refractivity contribution is 1.45. The van der Waals surface area contributed by atoms with E-state index in [1.54, 1.807) is 0 Å². The van der Waals surface area contributed by atoms with Crippen molar-refractivity contribution in [3.8, 4) is 0 Å². The van der Waals surface area contributed by atoms with Crippen LogP contribution in [0, 0.1) is 12.3 Å². The lowest BCUT2D eigenvalue weighted by Crippen LogP contribution is -1.78. The molecule has 0 spiro atoms. The fourth-order valence-electron chi connectivity index (χ4n) is 0.760. The quantitative estimate of drug-likeness (QED) is 0.593. The first-order chi connectivity index (χ1) is 5.33. The average Bonchev–Trinajstić information content (AvgIpc) is 2.08. The molecule has 0 saturated heterocycles. The van der Waals surface area contributed by atoms with Crippen LogP contribution >= 0.6 is 0 Å². The minimum Gasteiger partial charge on any atom is -0.308 e. The second kappa shape index (κ2) is 5.66. The third kappa shape index (κ3) is 3.56. The molecule has 60 valence electrons. The smallest absolute Gasteiger partial charge is 0.0250 e. The molecule has 0 aromatic heterocycles. The van der Waals surface area contributed by atoms with Gasteiger partial charge in [0.25, 0.3) is 0 Å². The molecular formula is C10H15N. The molecule has 0 bridgehead atoms. The van der Waals surface area contributed by atoms with Gasteiger partial charge in [0, 0.05) is 6.21 Å². The maximum absolute atomic E-state index is 6.92. The molecule has 0 aliphatic heterocycles. The second-order valence-corrected chi connectivity index (χ2v) is 2.06. The molecule has 0 atom stereocenters. The summed E-state index contributed by atoms with van der Waals surface area (Å²) in [5, 5.41) is 6.92. The normalized spacial score (nSPS) is 7.91. The van der Waals surface area contributed by atoms with Crippen molar-refractivity contribution in [3.05, 3.63) is 35.4 Å². The summed E-state index contributed by atoms with van der Waals surface area (Å²) in [6.07, 6.45) is 1.35. The fourth-order valence-corrected chi connectivity index (χ4v) is 0.760. The van der Waals surface area contributed by atoms with E-state index in [4.69, 9.17) is 5.41 Å². The van der Waals surface area contributed by atoms with Gasteiger partial charge in [-0.1, -0.05) is 43.7 Å². The summed E-state index contributed by atoms with van der Waals surface area (Å²) in [7, 11) is 0. The van der Waals surface area contributed by atoms with Gasteiger partial charge >= 0.3 is 0 Å². The molecule has 1 rings (SSSR count). The first kappa shape index (κ1) is 9.89. The second-order valence-electron chi connectivity index (χ2n) is 2.06. The van der Waals surface area contributed by atoms with Crippen LogP contribution in [0.25, 0.3) is 0 Å². The van der Waals surface area contributed by atoms with E-state index in [2.05, 4.69) is 0 Å². The third-order valence-corrected chi connectivity index (χ3v) is 1.21. The summed E-state index contributed by atoms with van der Waals surface area (Å²) >= 11 is 0. The maximum Gasteiger partial charge on any atom is 0.0250 e. The lowest BCUT2D eigenvalue weighted by Gasteiger charge is -1.91. The highest BCUT2D eigenvalue weighted by Crippen LogP contribution is 1.99. The average molecular weight is 149 g/mol. The van der Waals surface area contributed by atoms with Crippen LogP contribution in [0.1, 0.15) is 25.0 Å². The number of aryl methyl sites for hydroxylation is 1. The molecule has 0 heterocycles. The Morgan fingerprint density at radius 3 is 2.27 bits per heavy atom.